The van der Waals surface area contributed by atoms with Crippen LogP contribution in [-0.4, -0.2) is 30.4 Å². The van der Waals surface area contributed by atoms with E-state index < -0.39 is 0 Å². The van der Waals surface area contributed by atoms with E-state index in [0.29, 0.717) is 5.92 Å². The molecule has 3 rings (SSSR count). The van der Waals surface area contributed by atoms with Gasteiger partial charge in [-0.1, -0.05) is 55.5 Å². The summed E-state index contributed by atoms with van der Waals surface area (Å²) in [7, 11) is 0. The quantitative estimate of drug-likeness (QED) is 0.857. The fourth-order valence-corrected chi connectivity index (χ4v) is 3.67. The third-order valence-electron chi connectivity index (χ3n) is 5.00. The van der Waals surface area contributed by atoms with Crippen LogP contribution in [0.4, 0.5) is 5.69 Å². The SMILES string of the molecule is CC(Cc1ccccc1)CN1CCC(C(=O)Nc2ccccc2)CC1. The number of para-hydroxylation sites is 1. The molecule has 25 heavy (non-hydrogen) atoms. The summed E-state index contributed by atoms with van der Waals surface area (Å²) in [4.78, 5) is 14.9. The average molecular weight is 336 g/mol. The van der Waals surface area contributed by atoms with Gasteiger partial charge in [-0.3, -0.25) is 4.79 Å². The van der Waals surface area contributed by atoms with Crippen LogP contribution in [0, 0.1) is 11.8 Å². The molecule has 1 aliphatic rings. The van der Waals surface area contributed by atoms with Crippen molar-refractivity contribution < 1.29 is 4.79 Å². The minimum atomic E-state index is 0.140. The minimum Gasteiger partial charge on any atom is -0.326 e. The van der Waals surface area contributed by atoms with Crippen molar-refractivity contribution in [1.29, 1.82) is 0 Å². The van der Waals surface area contributed by atoms with Crippen molar-refractivity contribution in [2.75, 3.05) is 25.0 Å². The van der Waals surface area contributed by atoms with E-state index >= 15 is 0 Å². The fourth-order valence-electron chi connectivity index (χ4n) is 3.67. The molecule has 1 atom stereocenters. The number of carbonyl (C=O) groups is 1. The van der Waals surface area contributed by atoms with Gasteiger partial charge in [0, 0.05) is 18.2 Å². The molecular weight excluding hydrogens is 308 g/mol. The predicted octanol–water partition coefficient (Wildman–Crippen LogP) is 4.22. The lowest BCUT2D eigenvalue weighted by molar-refractivity contribution is -0.121. The molecule has 0 saturated carbocycles. The first-order chi connectivity index (χ1) is 12.2. The standard InChI is InChI=1S/C22H28N2O/c1-18(16-19-8-4-2-5-9-19)17-24-14-12-20(13-15-24)22(25)23-21-10-6-3-7-11-21/h2-11,18,20H,12-17H2,1H3,(H,23,25). The van der Waals surface area contributed by atoms with E-state index in [2.05, 4.69) is 47.5 Å². The number of anilines is 1. The van der Waals surface area contributed by atoms with E-state index in [1.807, 2.05) is 30.3 Å². The van der Waals surface area contributed by atoms with Gasteiger partial charge in [0.15, 0.2) is 0 Å². The van der Waals surface area contributed by atoms with Gasteiger partial charge in [0.2, 0.25) is 5.91 Å². The van der Waals surface area contributed by atoms with E-state index in [1.54, 1.807) is 0 Å². The van der Waals surface area contributed by atoms with Crippen LogP contribution in [0.2, 0.25) is 0 Å². The molecule has 2 aromatic carbocycles. The molecule has 0 radical (unpaired) electrons. The van der Waals surface area contributed by atoms with Crippen LogP contribution in [0.3, 0.4) is 0 Å². The van der Waals surface area contributed by atoms with Crippen molar-refractivity contribution in [3.05, 3.63) is 66.2 Å². The normalized spacial score (nSPS) is 17.2. The summed E-state index contributed by atoms with van der Waals surface area (Å²) in [5, 5.41) is 3.04. The van der Waals surface area contributed by atoms with Gasteiger partial charge in [-0.25, -0.2) is 0 Å². The molecule has 1 unspecified atom stereocenters. The number of amides is 1. The second-order valence-electron chi connectivity index (χ2n) is 7.23. The predicted molar refractivity (Wildman–Crippen MR) is 104 cm³/mol. The molecule has 3 nitrogen and oxygen atoms in total. The number of nitrogens with zero attached hydrogens (tertiary/aromatic N) is 1. The molecule has 1 saturated heterocycles. The Morgan fingerprint density at radius 3 is 2.28 bits per heavy atom. The summed E-state index contributed by atoms with van der Waals surface area (Å²) in [6, 6.07) is 20.4. The van der Waals surface area contributed by atoms with E-state index in [-0.39, 0.29) is 11.8 Å². The summed E-state index contributed by atoms with van der Waals surface area (Å²) < 4.78 is 0. The van der Waals surface area contributed by atoms with Gasteiger partial charge in [0.25, 0.3) is 0 Å². The number of benzene rings is 2. The minimum absolute atomic E-state index is 0.140. The van der Waals surface area contributed by atoms with Crippen molar-refractivity contribution in [3.63, 3.8) is 0 Å². The Kier molecular flexibility index (Phi) is 6.24. The van der Waals surface area contributed by atoms with Crippen molar-refractivity contribution >= 4 is 11.6 Å². The Labute approximate surface area is 151 Å². The molecule has 0 aromatic heterocycles. The smallest absolute Gasteiger partial charge is 0.227 e. The first-order valence-electron chi connectivity index (χ1n) is 9.33. The van der Waals surface area contributed by atoms with Crippen LogP contribution >= 0.6 is 0 Å². The molecule has 1 aliphatic heterocycles. The van der Waals surface area contributed by atoms with Gasteiger partial charge in [-0.05, 0) is 56.0 Å². The summed E-state index contributed by atoms with van der Waals surface area (Å²) in [6.07, 6.45) is 3.03. The number of hydrogen-bond acceptors (Lipinski definition) is 2. The summed E-state index contributed by atoms with van der Waals surface area (Å²) in [5.74, 6) is 0.946. The maximum Gasteiger partial charge on any atom is 0.227 e. The van der Waals surface area contributed by atoms with E-state index in [0.717, 1.165) is 44.6 Å². The first kappa shape index (κ1) is 17.7. The Morgan fingerprint density at radius 1 is 1.04 bits per heavy atom. The lowest BCUT2D eigenvalue weighted by atomic mass is 9.94. The zero-order valence-corrected chi connectivity index (χ0v) is 15.0. The molecular formula is C22H28N2O. The fraction of sp³-hybridized carbons (Fsp3) is 0.409. The van der Waals surface area contributed by atoms with Crippen LogP contribution in [0.1, 0.15) is 25.3 Å². The number of hydrogen-bond donors (Lipinski definition) is 1. The molecule has 132 valence electrons. The van der Waals surface area contributed by atoms with Crippen LogP contribution < -0.4 is 5.32 Å². The molecule has 0 bridgehead atoms. The van der Waals surface area contributed by atoms with E-state index in [9.17, 15) is 4.79 Å². The van der Waals surface area contributed by atoms with Gasteiger partial charge >= 0.3 is 0 Å². The van der Waals surface area contributed by atoms with E-state index in [4.69, 9.17) is 0 Å². The van der Waals surface area contributed by atoms with Gasteiger partial charge in [-0.15, -0.1) is 0 Å². The zero-order chi connectivity index (χ0) is 17.5. The van der Waals surface area contributed by atoms with Crippen molar-refractivity contribution in [2.45, 2.75) is 26.2 Å². The number of carbonyl (C=O) groups excluding carboxylic acids is 1. The van der Waals surface area contributed by atoms with Crippen LogP contribution in [0.5, 0.6) is 0 Å². The highest BCUT2D eigenvalue weighted by molar-refractivity contribution is 5.92. The van der Waals surface area contributed by atoms with Gasteiger partial charge in [0.05, 0.1) is 0 Å². The number of likely N-dealkylation sites (tertiary alicyclic amines) is 1. The second-order valence-corrected chi connectivity index (χ2v) is 7.23. The zero-order valence-electron chi connectivity index (χ0n) is 15.0. The number of rotatable bonds is 6. The van der Waals surface area contributed by atoms with Crippen molar-refractivity contribution in [2.24, 2.45) is 11.8 Å². The molecule has 1 heterocycles. The molecule has 1 fully saturated rings. The topological polar surface area (TPSA) is 32.3 Å². The monoisotopic (exact) mass is 336 g/mol. The van der Waals surface area contributed by atoms with Crippen molar-refractivity contribution in [1.82, 2.24) is 4.90 Å². The van der Waals surface area contributed by atoms with Crippen LogP contribution in [-0.2, 0) is 11.2 Å². The third-order valence-corrected chi connectivity index (χ3v) is 5.00. The molecule has 1 N–H and O–H groups in total. The van der Waals surface area contributed by atoms with E-state index in [1.165, 1.54) is 5.56 Å². The van der Waals surface area contributed by atoms with Crippen LogP contribution in [0.15, 0.2) is 60.7 Å². The maximum atomic E-state index is 12.4. The third kappa shape index (κ3) is 5.43. The highest BCUT2D eigenvalue weighted by Gasteiger charge is 2.25. The molecule has 2 aromatic rings. The molecule has 3 heteroatoms. The molecule has 1 amide bonds. The Balaban J connectivity index is 1.41. The maximum absolute atomic E-state index is 12.4. The second kappa shape index (κ2) is 8.82. The van der Waals surface area contributed by atoms with Crippen LogP contribution in [0.25, 0.3) is 0 Å². The van der Waals surface area contributed by atoms with Crippen molar-refractivity contribution in [3.8, 4) is 0 Å². The highest BCUT2D eigenvalue weighted by atomic mass is 16.1. The Hall–Kier alpha value is -2.13. The average Bonchev–Trinajstić information content (AvgIpc) is 2.64. The van der Waals surface area contributed by atoms with Gasteiger partial charge in [-0.2, -0.15) is 0 Å². The summed E-state index contributed by atoms with van der Waals surface area (Å²) in [5.41, 5.74) is 2.30. The molecule has 0 aliphatic carbocycles. The van der Waals surface area contributed by atoms with Gasteiger partial charge < -0.3 is 10.2 Å². The summed E-state index contributed by atoms with van der Waals surface area (Å²) >= 11 is 0. The lowest BCUT2D eigenvalue weighted by Crippen LogP contribution is -2.40. The largest absolute Gasteiger partial charge is 0.326 e. The molecule has 0 spiro atoms. The Morgan fingerprint density at radius 2 is 1.64 bits per heavy atom. The van der Waals surface area contributed by atoms with Gasteiger partial charge in [0.1, 0.15) is 0 Å². The Bertz CT molecular complexity index is 648. The lowest BCUT2D eigenvalue weighted by Gasteiger charge is -2.33. The first-order valence-corrected chi connectivity index (χ1v) is 9.33. The summed E-state index contributed by atoms with van der Waals surface area (Å²) in [6.45, 7) is 5.47. The highest BCUT2D eigenvalue weighted by Crippen LogP contribution is 2.21. The number of nitrogens with one attached hydrogen (secondary N) is 1. The number of piperidine rings is 1.